The van der Waals surface area contributed by atoms with Crippen molar-refractivity contribution in [3.05, 3.63) is 27.7 Å². The van der Waals surface area contributed by atoms with Gasteiger partial charge in [0.1, 0.15) is 5.01 Å². The molecular formula is C13H18N4OS2. The highest BCUT2D eigenvalue weighted by Gasteiger charge is 2.14. The normalized spacial score (nSPS) is 12.3. The zero-order chi connectivity index (χ0) is 14.5. The molecule has 0 spiro atoms. The first-order valence-electron chi connectivity index (χ1n) is 6.47. The van der Waals surface area contributed by atoms with Crippen LogP contribution < -0.4 is 10.2 Å². The average Bonchev–Trinajstić information content (AvgIpc) is 3.08. The van der Waals surface area contributed by atoms with E-state index in [-0.39, 0.29) is 11.9 Å². The summed E-state index contributed by atoms with van der Waals surface area (Å²) in [7, 11) is 0. The van der Waals surface area contributed by atoms with E-state index in [0.717, 1.165) is 15.8 Å². The van der Waals surface area contributed by atoms with Crippen LogP contribution in [0.15, 0.2) is 17.0 Å². The van der Waals surface area contributed by atoms with E-state index in [9.17, 15) is 4.79 Å². The summed E-state index contributed by atoms with van der Waals surface area (Å²) in [5.41, 5.74) is 0.952. The summed E-state index contributed by atoms with van der Waals surface area (Å²) in [4.78, 5) is 21.9. The van der Waals surface area contributed by atoms with Crippen molar-refractivity contribution in [1.82, 2.24) is 15.3 Å². The predicted octanol–water partition coefficient (Wildman–Crippen LogP) is 2.82. The smallest absolute Gasteiger partial charge is 0.225 e. The Balaban J connectivity index is 1.94. The van der Waals surface area contributed by atoms with Gasteiger partial charge in [-0.15, -0.1) is 22.7 Å². The Morgan fingerprint density at radius 2 is 2.30 bits per heavy atom. The number of anilines is 1. The van der Waals surface area contributed by atoms with Crippen LogP contribution in [0.25, 0.3) is 0 Å². The molecule has 1 amide bonds. The molecule has 20 heavy (non-hydrogen) atoms. The highest BCUT2D eigenvalue weighted by molar-refractivity contribution is 7.14. The lowest BCUT2D eigenvalue weighted by Crippen LogP contribution is -2.27. The first-order chi connectivity index (χ1) is 9.61. The van der Waals surface area contributed by atoms with E-state index in [4.69, 9.17) is 0 Å². The monoisotopic (exact) mass is 310 g/mol. The molecule has 5 nitrogen and oxygen atoms in total. The van der Waals surface area contributed by atoms with Crippen LogP contribution in [0.3, 0.4) is 0 Å². The van der Waals surface area contributed by atoms with Crippen molar-refractivity contribution in [3.63, 3.8) is 0 Å². The van der Waals surface area contributed by atoms with Gasteiger partial charge >= 0.3 is 0 Å². The van der Waals surface area contributed by atoms with Crippen molar-refractivity contribution in [2.75, 3.05) is 11.4 Å². The lowest BCUT2D eigenvalue weighted by molar-refractivity contribution is -0.116. The van der Waals surface area contributed by atoms with Gasteiger partial charge in [0.2, 0.25) is 5.91 Å². The van der Waals surface area contributed by atoms with Crippen molar-refractivity contribution in [2.45, 2.75) is 33.4 Å². The lowest BCUT2D eigenvalue weighted by atomic mass is 10.3. The van der Waals surface area contributed by atoms with E-state index < -0.39 is 0 Å². The molecule has 0 fully saturated rings. The first kappa shape index (κ1) is 15.1. The molecule has 0 aliphatic carbocycles. The van der Waals surface area contributed by atoms with Crippen LogP contribution >= 0.6 is 22.7 Å². The molecule has 0 radical (unpaired) electrons. The first-order valence-corrected chi connectivity index (χ1v) is 8.23. The minimum Gasteiger partial charge on any atom is -0.302 e. The molecule has 1 atom stereocenters. The Bertz CT molecular complexity index is 552. The third-order valence-corrected chi connectivity index (χ3v) is 4.75. The van der Waals surface area contributed by atoms with Gasteiger partial charge in [0.05, 0.1) is 11.7 Å². The van der Waals surface area contributed by atoms with Crippen LogP contribution in [0, 0.1) is 0 Å². The minimum absolute atomic E-state index is 0.0255. The number of carbonyl (C=O) groups excluding carboxylic acids is 1. The van der Waals surface area contributed by atoms with E-state index >= 15 is 0 Å². The van der Waals surface area contributed by atoms with Crippen LogP contribution in [0.5, 0.6) is 0 Å². The number of rotatable bonds is 6. The second-order valence-electron chi connectivity index (χ2n) is 4.36. The van der Waals surface area contributed by atoms with E-state index in [1.165, 1.54) is 11.3 Å². The molecule has 0 bridgehead atoms. The van der Waals surface area contributed by atoms with Crippen LogP contribution in [-0.2, 0) is 11.3 Å². The van der Waals surface area contributed by atoms with Crippen LogP contribution in [0.2, 0.25) is 0 Å². The van der Waals surface area contributed by atoms with Crippen LogP contribution in [0.4, 0.5) is 5.13 Å². The quantitative estimate of drug-likeness (QED) is 0.891. The Morgan fingerprint density at radius 1 is 1.50 bits per heavy atom. The van der Waals surface area contributed by atoms with Gasteiger partial charge in [0, 0.05) is 37.0 Å². The summed E-state index contributed by atoms with van der Waals surface area (Å²) in [6.45, 7) is 6.91. The molecule has 1 N–H and O–H groups in total. The maximum absolute atomic E-state index is 11.5. The Labute approximate surface area is 126 Å². The summed E-state index contributed by atoms with van der Waals surface area (Å²) in [5, 5.41) is 9.18. The van der Waals surface area contributed by atoms with Crippen molar-refractivity contribution in [3.8, 4) is 0 Å². The molecule has 0 saturated heterocycles. The maximum Gasteiger partial charge on any atom is 0.225 e. The van der Waals surface area contributed by atoms with Crippen LogP contribution in [0.1, 0.15) is 37.5 Å². The second kappa shape index (κ2) is 6.92. The second-order valence-corrected chi connectivity index (χ2v) is 6.12. The molecule has 1 unspecified atom stereocenters. The molecule has 2 heterocycles. The lowest BCUT2D eigenvalue weighted by Gasteiger charge is -2.14. The maximum atomic E-state index is 11.5. The van der Waals surface area contributed by atoms with E-state index in [1.54, 1.807) is 23.2 Å². The van der Waals surface area contributed by atoms with Crippen molar-refractivity contribution < 1.29 is 4.79 Å². The standard InChI is InChI=1S/C13H18N4OS2/c1-4-17(10(3)18)13-16-11(8-20-13)7-15-9(2)12-14-5-6-19-12/h5-6,8-9,15H,4,7H2,1-3H3. The fraction of sp³-hybridized carbons (Fsp3) is 0.462. The number of hydrogen-bond donors (Lipinski definition) is 1. The van der Waals surface area contributed by atoms with Gasteiger partial charge in [-0.2, -0.15) is 0 Å². The molecule has 2 rings (SSSR count). The summed E-state index contributed by atoms with van der Waals surface area (Å²) < 4.78 is 0. The van der Waals surface area contributed by atoms with Gasteiger partial charge < -0.3 is 5.32 Å². The van der Waals surface area contributed by atoms with E-state index in [0.29, 0.717) is 13.1 Å². The van der Waals surface area contributed by atoms with Gasteiger partial charge in [-0.05, 0) is 13.8 Å². The number of nitrogens with one attached hydrogen (secondary N) is 1. The SMILES string of the molecule is CCN(C(C)=O)c1nc(CNC(C)c2nccs2)cs1. The third-order valence-electron chi connectivity index (χ3n) is 2.88. The molecule has 2 aromatic rings. The highest BCUT2D eigenvalue weighted by atomic mass is 32.1. The Kier molecular flexibility index (Phi) is 5.22. The topological polar surface area (TPSA) is 58.1 Å². The summed E-state index contributed by atoms with van der Waals surface area (Å²) >= 11 is 3.14. The average molecular weight is 310 g/mol. The zero-order valence-corrected chi connectivity index (χ0v) is 13.4. The number of carbonyl (C=O) groups is 1. The van der Waals surface area contributed by atoms with Gasteiger partial charge in [-0.1, -0.05) is 0 Å². The molecule has 7 heteroatoms. The van der Waals surface area contributed by atoms with E-state index in [2.05, 4.69) is 22.2 Å². The Morgan fingerprint density at radius 3 is 2.90 bits per heavy atom. The van der Waals surface area contributed by atoms with Crippen molar-refractivity contribution in [2.24, 2.45) is 0 Å². The van der Waals surface area contributed by atoms with Gasteiger partial charge in [0.25, 0.3) is 0 Å². The fourth-order valence-corrected chi connectivity index (χ4v) is 3.39. The van der Waals surface area contributed by atoms with Gasteiger partial charge in [0.15, 0.2) is 5.13 Å². The molecule has 2 aromatic heterocycles. The van der Waals surface area contributed by atoms with Gasteiger partial charge in [-0.3, -0.25) is 9.69 Å². The molecule has 108 valence electrons. The largest absolute Gasteiger partial charge is 0.302 e. The molecule has 0 aliphatic rings. The summed E-state index contributed by atoms with van der Waals surface area (Å²) in [6.07, 6.45) is 1.81. The molecular weight excluding hydrogens is 292 g/mol. The fourth-order valence-electron chi connectivity index (χ4n) is 1.79. The van der Waals surface area contributed by atoms with Crippen molar-refractivity contribution in [1.29, 1.82) is 0 Å². The number of thiazole rings is 2. The molecule has 0 saturated carbocycles. The van der Waals surface area contributed by atoms with Crippen LogP contribution in [-0.4, -0.2) is 22.4 Å². The number of aromatic nitrogens is 2. The van der Waals surface area contributed by atoms with Crippen molar-refractivity contribution >= 4 is 33.7 Å². The number of amides is 1. The Hall–Kier alpha value is -1.31. The highest BCUT2D eigenvalue weighted by Crippen LogP contribution is 2.21. The predicted molar refractivity (Wildman–Crippen MR) is 83.2 cm³/mol. The zero-order valence-electron chi connectivity index (χ0n) is 11.8. The summed E-state index contributed by atoms with van der Waals surface area (Å²) in [5.74, 6) is 0.0255. The number of hydrogen-bond acceptors (Lipinski definition) is 6. The van der Waals surface area contributed by atoms with Gasteiger partial charge in [-0.25, -0.2) is 9.97 Å². The summed E-state index contributed by atoms with van der Waals surface area (Å²) in [6, 6.07) is 0.204. The number of nitrogens with zero attached hydrogens (tertiary/aromatic N) is 3. The minimum atomic E-state index is 0.0255. The molecule has 0 aromatic carbocycles. The molecule has 0 aliphatic heterocycles. The van der Waals surface area contributed by atoms with E-state index in [1.807, 2.05) is 23.9 Å². The third kappa shape index (κ3) is 3.62.